The van der Waals surface area contributed by atoms with Gasteiger partial charge >= 0.3 is 0 Å². The third kappa shape index (κ3) is 6.71. The van der Waals surface area contributed by atoms with Crippen molar-refractivity contribution in [3.8, 4) is 11.5 Å². The molecule has 0 aromatic heterocycles. The van der Waals surface area contributed by atoms with E-state index in [0.717, 1.165) is 41.8 Å². The molecule has 7 nitrogen and oxygen atoms in total. The first-order chi connectivity index (χ1) is 23.7. The highest BCUT2D eigenvalue weighted by Crippen LogP contribution is 2.60. The van der Waals surface area contributed by atoms with Gasteiger partial charge in [-0.3, -0.25) is 4.79 Å². The van der Waals surface area contributed by atoms with Gasteiger partial charge in [0.25, 0.3) is 0 Å². The molecule has 1 aliphatic carbocycles. The van der Waals surface area contributed by atoms with Crippen LogP contribution in [0.15, 0.2) is 109 Å². The van der Waals surface area contributed by atoms with Gasteiger partial charge in [-0.25, -0.2) is 0 Å². The van der Waals surface area contributed by atoms with Crippen LogP contribution in [0.2, 0.25) is 0 Å². The third-order valence-electron chi connectivity index (χ3n) is 11.8. The van der Waals surface area contributed by atoms with Crippen molar-refractivity contribution in [3.63, 3.8) is 0 Å². The highest BCUT2D eigenvalue weighted by molar-refractivity contribution is 5.77. The maximum Gasteiger partial charge on any atom is 0.228 e. The molecule has 2 aliphatic rings. The lowest BCUT2D eigenvalue weighted by molar-refractivity contribution is -0.937. The number of aliphatic hydroxyl groups excluding tert-OH is 1. The number of aliphatic hydroxyl groups is 2. The second-order valence-electron chi connectivity index (χ2n) is 13.9. The standard InChI is InChI=1S/C42H51N2O5.BrH/c1-5-44(6-2,30-31-16-10-7-11-17-31)25-24-40(46)43-28-36-37(29-43)42(47,35-26-34(48-3)22-23-38(35)49-4)39(45)27-41(36,32-18-12-8-13-19-32)33-20-14-9-15-21-33;/h7-23,26,36-37,39,45,47H,5-6,24-25,27-30H2,1-4H3;1H/q+1;/p-1/t36-,37+,39-,42+;/m1./s1. The van der Waals surface area contributed by atoms with E-state index < -0.39 is 23.0 Å². The first kappa shape index (κ1) is 37.6. The highest BCUT2D eigenvalue weighted by atomic mass is 79.9. The number of ether oxygens (including phenoxy) is 2. The van der Waals surface area contributed by atoms with Crippen LogP contribution >= 0.6 is 0 Å². The number of likely N-dealkylation sites (tertiary alicyclic amines) is 1. The van der Waals surface area contributed by atoms with Crippen molar-refractivity contribution in [1.82, 2.24) is 4.90 Å². The van der Waals surface area contributed by atoms with Crippen LogP contribution in [0.25, 0.3) is 0 Å². The molecule has 0 bridgehead atoms. The fourth-order valence-corrected chi connectivity index (χ4v) is 8.92. The van der Waals surface area contributed by atoms with E-state index in [-0.39, 0.29) is 35.2 Å². The Morgan fingerprint density at radius 3 is 1.92 bits per heavy atom. The lowest BCUT2D eigenvalue weighted by Crippen LogP contribution is -3.00. The molecule has 0 unspecified atom stereocenters. The Hall–Kier alpha value is -3.69. The summed E-state index contributed by atoms with van der Waals surface area (Å²) in [5, 5.41) is 25.4. The topological polar surface area (TPSA) is 79.2 Å². The lowest BCUT2D eigenvalue weighted by Gasteiger charge is -2.55. The molecular weight excluding hydrogens is 692 g/mol. The van der Waals surface area contributed by atoms with E-state index in [9.17, 15) is 15.0 Å². The number of methoxy groups -OCH3 is 2. The van der Waals surface area contributed by atoms with Gasteiger partial charge in [0, 0.05) is 35.5 Å². The van der Waals surface area contributed by atoms with E-state index in [1.54, 1.807) is 32.4 Å². The average molecular weight is 744 g/mol. The van der Waals surface area contributed by atoms with Crippen LogP contribution in [0.4, 0.5) is 0 Å². The largest absolute Gasteiger partial charge is 1.00 e. The summed E-state index contributed by atoms with van der Waals surface area (Å²) in [7, 11) is 3.16. The zero-order valence-electron chi connectivity index (χ0n) is 29.7. The van der Waals surface area contributed by atoms with Crippen molar-refractivity contribution in [1.29, 1.82) is 0 Å². The minimum Gasteiger partial charge on any atom is -1.00 e. The van der Waals surface area contributed by atoms with Crippen molar-refractivity contribution in [2.24, 2.45) is 11.8 Å². The quantitative estimate of drug-likeness (QED) is 0.218. The molecule has 4 aromatic carbocycles. The first-order valence-corrected chi connectivity index (χ1v) is 17.7. The number of carbonyl (C=O) groups is 1. The molecule has 8 heteroatoms. The average Bonchev–Trinajstić information content (AvgIpc) is 3.63. The summed E-state index contributed by atoms with van der Waals surface area (Å²) < 4.78 is 12.2. The smallest absolute Gasteiger partial charge is 0.228 e. The fourth-order valence-electron chi connectivity index (χ4n) is 8.92. The molecule has 4 aromatic rings. The van der Waals surface area contributed by atoms with Gasteiger partial charge in [0.1, 0.15) is 23.6 Å². The molecule has 6 rings (SSSR count). The van der Waals surface area contributed by atoms with Crippen LogP contribution in [0.5, 0.6) is 11.5 Å². The molecule has 1 heterocycles. The van der Waals surface area contributed by atoms with E-state index in [0.29, 0.717) is 36.6 Å². The van der Waals surface area contributed by atoms with Gasteiger partial charge in [-0.1, -0.05) is 91.0 Å². The van der Waals surface area contributed by atoms with Crippen LogP contribution in [-0.4, -0.2) is 78.6 Å². The molecule has 0 spiro atoms. The minimum atomic E-state index is -1.70. The number of rotatable bonds is 12. The summed E-state index contributed by atoms with van der Waals surface area (Å²) >= 11 is 0. The van der Waals surface area contributed by atoms with Gasteiger partial charge in [-0.2, -0.15) is 0 Å². The molecule has 2 fully saturated rings. The Morgan fingerprint density at radius 1 is 0.820 bits per heavy atom. The number of fused-ring (bicyclic) bond motifs is 1. The summed E-state index contributed by atoms with van der Waals surface area (Å²) in [6.45, 7) is 8.65. The number of quaternary nitrogens is 1. The zero-order chi connectivity index (χ0) is 34.6. The van der Waals surface area contributed by atoms with Gasteiger partial charge in [-0.15, -0.1) is 0 Å². The van der Waals surface area contributed by atoms with Crippen LogP contribution in [-0.2, 0) is 22.4 Å². The number of halogens is 1. The van der Waals surface area contributed by atoms with Gasteiger partial charge in [0.15, 0.2) is 0 Å². The number of hydrogen-bond acceptors (Lipinski definition) is 5. The summed E-state index contributed by atoms with van der Waals surface area (Å²) in [5.41, 5.74) is 1.54. The molecule has 1 amide bonds. The Bertz CT molecular complexity index is 1660. The Morgan fingerprint density at radius 2 is 1.38 bits per heavy atom. The Kier molecular flexibility index (Phi) is 11.8. The zero-order valence-corrected chi connectivity index (χ0v) is 31.3. The second kappa shape index (κ2) is 15.7. The van der Waals surface area contributed by atoms with Gasteiger partial charge in [0.2, 0.25) is 5.91 Å². The number of amides is 1. The number of carbonyl (C=O) groups excluding carboxylic acids is 1. The molecule has 1 saturated carbocycles. The van der Waals surface area contributed by atoms with Crippen molar-refractivity contribution in [2.45, 2.75) is 50.4 Å². The van der Waals surface area contributed by atoms with Gasteiger partial charge in [-0.05, 0) is 55.5 Å². The molecule has 2 N–H and O–H groups in total. The molecule has 266 valence electrons. The van der Waals surface area contributed by atoms with Crippen molar-refractivity contribution < 1.29 is 45.9 Å². The molecule has 1 saturated heterocycles. The van der Waals surface area contributed by atoms with Gasteiger partial charge < -0.3 is 46.1 Å². The van der Waals surface area contributed by atoms with Crippen LogP contribution in [0, 0.1) is 11.8 Å². The molecule has 50 heavy (non-hydrogen) atoms. The van der Waals surface area contributed by atoms with Crippen molar-refractivity contribution >= 4 is 5.91 Å². The van der Waals surface area contributed by atoms with Crippen molar-refractivity contribution in [2.75, 3.05) is 46.9 Å². The fraction of sp³-hybridized carbons (Fsp3) is 0.405. The maximum atomic E-state index is 14.4. The van der Waals surface area contributed by atoms with E-state index >= 15 is 0 Å². The lowest BCUT2D eigenvalue weighted by atomic mass is 9.51. The van der Waals surface area contributed by atoms with E-state index in [4.69, 9.17) is 9.47 Å². The molecule has 1 aliphatic heterocycles. The van der Waals surface area contributed by atoms with E-state index in [1.807, 2.05) is 47.4 Å². The SMILES string of the molecule is CC[N+](CC)(CCC(=O)N1C[C@@H]2[C@H](C1)[C@@](O)(c1cc(OC)ccc1OC)[C@H](O)CC2(c1ccccc1)c1ccccc1)Cc1ccccc1.[Br-]. The second-order valence-corrected chi connectivity index (χ2v) is 13.9. The molecule has 4 atom stereocenters. The predicted octanol–water partition coefficient (Wildman–Crippen LogP) is 3.17. The third-order valence-corrected chi connectivity index (χ3v) is 11.8. The minimum absolute atomic E-state index is 0. The van der Waals surface area contributed by atoms with E-state index in [1.165, 1.54) is 5.56 Å². The highest BCUT2D eigenvalue weighted by Gasteiger charge is 2.65. The molecular formula is C42H51BrN2O5. The van der Waals surface area contributed by atoms with Crippen LogP contribution < -0.4 is 26.5 Å². The maximum absolute atomic E-state index is 14.4. The monoisotopic (exact) mass is 742 g/mol. The van der Waals surface area contributed by atoms with Gasteiger partial charge in [0.05, 0.1) is 46.4 Å². The normalized spacial score (nSPS) is 22.7. The molecule has 0 radical (unpaired) electrons. The number of hydrogen-bond donors (Lipinski definition) is 2. The summed E-state index contributed by atoms with van der Waals surface area (Å²) in [5.74, 6) is 0.422. The van der Waals surface area contributed by atoms with Crippen molar-refractivity contribution in [3.05, 3.63) is 131 Å². The van der Waals surface area contributed by atoms with E-state index in [2.05, 4.69) is 62.4 Å². The predicted molar refractivity (Wildman–Crippen MR) is 192 cm³/mol. The Labute approximate surface area is 307 Å². The summed E-state index contributed by atoms with van der Waals surface area (Å²) in [6.07, 6.45) is -0.495. The summed E-state index contributed by atoms with van der Waals surface area (Å²) in [4.78, 5) is 16.3. The Balaban J connectivity index is 0.00000486. The number of nitrogens with zero attached hydrogens (tertiary/aromatic N) is 2. The van der Waals surface area contributed by atoms with Crippen LogP contribution in [0.3, 0.4) is 0 Å². The first-order valence-electron chi connectivity index (χ1n) is 17.7. The summed E-state index contributed by atoms with van der Waals surface area (Å²) in [6, 6.07) is 36.5. The number of benzene rings is 4. The van der Waals surface area contributed by atoms with Crippen LogP contribution in [0.1, 0.15) is 48.9 Å².